The summed E-state index contributed by atoms with van der Waals surface area (Å²) in [6, 6.07) is 2.23. The molecule has 1 aromatic heterocycles. The molecular formula is C15H22F3N3. The molecule has 2 rings (SSSR count). The molecule has 1 aliphatic rings. The number of anilines is 2. The van der Waals surface area contributed by atoms with Gasteiger partial charge in [0.15, 0.2) is 0 Å². The maximum absolute atomic E-state index is 13.0. The topological polar surface area (TPSA) is 28.2 Å². The zero-order valence-corrected chi connectivity index (χ0v) is 12.7. The second-order valence-corrected chi connectivity index (χ2v) is 6.32. The van der Waals surface area contributed by atoms with Crippen molar-refractivity contribution < 1.29 is 13.2 Å². The zero-order chi connectivity index (χ0) is 15.7. The molecule has 3 nitrogen and oxygen atoms in total. The predicted molar refractivity (Wildman–Crippen MR) is 78.6 cm³/mol. The first kappa shape index (κ1) is 15.9. The molecule has 6 heteroatoms. The van der Waals surface area contributed by atoms with Gasteiger partial charge in [-0.25, -0.2) is 4.98 Å². The highest BCUT2D eigenvalue weighted by Crippen LogP contribution is 2.35. The van der Waals surface area contributed by atoms with Gasteiger partial charge < -0.3 is 10.2 Å². The van der Waals surface area contributed by atoms with Gasteiger partial charge in [0, 0.05) is 19.6 Å². The Morgan fingerprint density at radius 3 is 2.62 bits per heavy atom. The molecule has 1 N–H and O–H groups in total. The average molecular weight is 301 g/mol. The van der Waals surface area contributed by atoms with Crippen LogP contribution in [0.1, 0.15) is 39.2 Å². The van der Waals surface area contributed by atoms with Crippen LogP contribution in [-0.4, -0.2) is 24.6 Å². The van der Waals surface area contributed by atoms with E-state index in [0.717, 1.165) is 38.1 Å². The van der Waals surface area contributed by atoms with Crippen LogP contribution in [0.4, 0.5) is 24.8 Å². The van der Waals surface area contributed by atoms with E-state index in [9.17, 15) is 13.2 Å². The Morgan fingerprint density at radius 1 is 1.33 bits per heavy atom. The summed E-state index contributed by atoms with van der Waals surface area (Å²) < 4.78 is 39.1. The number of halogens is 3. The number of pyridine rings is 1. The van der Waals surface area contributed by atoms with E-state index in [0.29, 0.717) is 12.4 Å². The van der Waals surface area contributed by atoms with Crippen molar-refractivity contribution in [3.05, 3.63) is 17.7 Å². The van der Waals surface area contributed by atoms with Gasteiger partial charge in [-0.05, 0) is 37.3 Å². The molecule has 0 amide bonds. The Kier molecular flexibility index (Phi) is 4.35. The molecule has 21 heavy (non-hydrogen) atoms. The number of nitrogens with zero attached hydrogens (tertiary/aromatic N) is 2. The standard InChI is InChI=1S/C15H22F3N3/c1-4-19-12-8-11(15(16,17)18)9-13(20-12)21-7-5-6-14(2,3)10-21/h8-9H,4-7,10H2,1-3H3,(H,19,20). The third-order valence-corrected chi connectivity index (χ3v) is 3.72. The number of hydrogen-bond donors (Lipinski definition) is 1. The maximum atomic E-state index is 13.0. The zero-order valence-electron chi connectivity index (χ0n) is 12.7. The van der Waals surface area contributed by atoms with Gasteiger partial charge in [0.2, 0.25) is 0 Å². The minimum atomic E-state index is -4.35. The molecule has 0 radical (unpaired) electrons. The fourth-order valence-corrected chi connectivity index (χ4v) is 2.73. The Morgan fingerprint density at radius 2 is 2.05 bits per heavy atom. The lowest BCUT2D eigenvalue weighted by molar-refractivity contribution is -0.137. The first-order valence-corrected chi connectivity index (χ1v) is 7.29. The molecule has 0 spiro atoms. The minimum absolute atomic E-state index is 0.104. The lowest BCUT2D eigenvalue weighted by atomic mass is 9.84. The molecule has 0 atom stereocenters. The summed E-state index contributed by atoms with van der Waals surface area (Å²) in [6.45, 7) is 8.14. The minimum Gasteiger partial charge on any atom is -0.370 e. The predicted octanol–water partition coefficient (Wildman–Crippen LogP) is 4.16. The Bertz CT molecular complexity index is 497. The molecule has 0 unspecified atom stereocenters. The van der Waals surface area contributed by atoms with Gasteiger partial charge in [0.25, 0.3) is 0 Å². The van der Waals surface area contributed by atoms with Crippen molar-refractivity contribution in [1.82, 2.24) is 4.98 Å². The lowest BCUT2D eigenvalue weighted by Gasteiger charge is -2.39. The van der Waals surface area contributed by atoms with E-state index in [1.54, 1.807) is 0 Å². The lowest BCUT2D eigenvalue weighted by Crippen LogP contribution is -2.40. The van der Waals surface area contributed by atoms with Crippen molar-refractivity contribution >= 4 is 11.6 Å². The third-order valence-electron chi connectivity index (χ3n) is 3.72. The Balaban J connectivity index is 2.35. The van der Waals surface area contributed by atoms with Gasteiger partial charge >= 0.3 is 6.18 Å². The molecule has 0 aromatic carbocycles. The largest absolute Gasteiger partial charge is 0.416 e. The Labute approximate surface area is 123 Å². The molecule has 0 aliphatic carbocycles. The van der Waals surface area contributed by atoms with Crippen LogP contribution in [0.5, 0.6) is 0 Å². The van der Waals surface area contributed by atoms with Crippen molar-refractivity contribution in [3.63, 3.8) is 0 Å². The summed E-state index contributed by atoms with van der Waals surface area (Å²) in [5.41, 5.74) is -0.543. The highest BCUT2D eigenvalue weighted by Gasteiger charge is 2.33. The fourth-order valence-electron chi connectivity index (χ4n) is 2.73. The van der Waals surface area contributed by atoms with Crippen LogP contribution in [0.3, 0.4) is 0 Å². The van der Waals surface area contributed by atoms with E-state index in [1.807, 2.05) is 11.8 Å². The van der Waals surface area contributed by atoms with Gasteiger partial charge in [0.1, 0.15) is 11.6 Å². The van der Waals surface area contributed by atoms with E-state index in [1.165, 1.54) is 0 Å². The van der Waals surface area contributed by atoms with Crippen molar-refractivity contribution in [3.8, 4) is 0 Å². The number of aromatic nitrogens is 1. The first-order chi connectivity index (χ1) is 9.71. The molecule has 0 bridgehead atoms. The quantitative estimate of drug-likeness (QED) is 0.908. The number of piperidine rings is 1. The maximum Gasteiger partial charge on any atom is 0.416 e. The van der Waals surface area contributed by atoms with Crippen LogP contribution in [0.15, 0.2) is 12.1 Å². The molecule has 1 aliphatic heterocycles. The molecule has 118 valence electrons. The van der Waals surface area contributed by atoms with Crippen LogP contribution in [0, 0.1) is 5.41 Å². The molecule has 2 heterocycles. The second-order valence-electron chi connectivity index (χ2n) is 6.32. The summed E-state index contributed by atoms with van der Waals surface area (Å²) in [5.74, 6) is 0.694. The van der Waals surface area contributed by atoms with Crippen molar-refractivity contribution in [2.45, 2.75) is 39.8 Å². The van der Waals surface area contributed by atoms with Crippen molar-refractivity contribution in [2.24, 2.45) is 5.41 Å². The summed E-state index contributed by atoms with van der Waals surface area (Å²) in [4.78, 5) is 6.30. The molecular weight excluding hydrogens is 279 g/mol. The number of alkyl halides is 3. The normalized spacial score (nSPS) is 18.7. The summed E-state index contributed by atoms with van der Waals surface area (Å²) in [5, 5.41) is 2.88. The van der Waals surface area contributed by atoms with E-state index in [-0.39, 0.29) is 11.2 Å². The summed E-state index contributed by atoms with van der Waals surface area (Å²) in [7, 11) is 0. The highest BCUT2D eigenvalue weighted by molar-refractivity contribution is 5.51. The average Bonchev–Trinajstić information content (AvgIpc) is 2.36. The van der Waals surface area contributed by atoms with Crippen LogP contribution in [-0.2, 0) is 6.18 Å². The van der Waals surface area contributed by atoms with Gasteiger partial charge in [-0.2, -0.15) is 13.2 Å². The number of rotatable bonds is 3. The van der Waals surface area contributed by atoms with E-state index >= 15 is 0 Å². The SMILES string of the molecule is CCNc1cc(C(F)(F)F)cc(N2CCCC(C)(C)C2)n1. The van der Waals surface area contributed by atoms with Gasteiger partial charge in [-0.1, -0.05) is 13.8 Å². The van der Waals surface area contributed by atoms with E-state index < -0.39 is 11.7 Å². The highest BCUT2D eigenvalue weighted by atomic mass is 19.4. The molecule has 1 fully saturated rings. The van der Waals surface area contributed by atoms with Crippen LogP contribution < -0.4 is 10.2 Å². The fraction of sp³-hybridized carbons (Fsp3) is 0.667. The first-order valence-electron chi connectivity index (χ1n) is 7.29. The van der Waals surface area contributed by atoms with E-state index in [4.69, 9.17) is 0 Å². The van der Waals surface area contributed by atoms with Crippen LogP contribution >= 0.6 is 0 Å². The van der Waals surface area contributed by atoms with Crippen molar-refractivity contribution in [1.29, 1.82) is 0 Å². The number of hydrogen-bond acceptors (Lipinski definition) is 3. The summed E-state index contributed by atoms with van der Waals surface area (Å²) in [6.07, 6.45) is -2.29. The number of nitrogens with one attached hydrogen (secondary N) is 1. The van der Waals surface area contributed by atoms with Gasteiger partial charge in [0.05, 0.1) is 5.56 Å². The summed E-state index contributed by atoms with van der Waals surface area (Å²) >= 11 is 0. The van der Waals surface area contributed by atoms with Crippen LogP contribution in [0.2, 0.25) is 0 Å². The molecule has 0 saturated carbocycles. The van der Waals surface area contributed by atoms with E-state index in [2.05, 4.69) is 24.1 Å². The van der Waals surface area contributed by atoms with Gasteiger partial charge in [-0.15, -0.1) is 0 Å². The monoisotopic (exact) mass is 301 g/mol. The smallest absolute Gasteiger partial charge is 0.370 e. The van der Waals surface area contributed by atoms with Crippen LogP contribution in [0.25, 0.3) is 0 Å². The van der Waals surface area contributed by atoms with Crippen molar-refractivity contribution in [2.75, 3.05) is 29.9 Å². The molecule has 1 saturated heterocycles. The second kappa shape index (κ2) is 5.73. The van der Waals surface area contributed by atoms with Gasteiger partial charge in [-0.3, -0.25) is 0 Å². The third kappa shape index (κ3) is 4.02. The Hall–Kier alpha value is -1.46. The molecule has 1 aromatic rings.